The first kappa shape index (κ1) is 18.2. The van der Waals surface area contributed by atoms with Crippen LogP contribution in [0.5, 0.6) is 0 Å². The van der Waals surface area contributed by atoms with Crippen molar-refractivity contribution in [1.82, 2.24) is 19.7 Å². The Morgan fingerprint density at radius 1 is 1.10 bits per heavy atom. The van der Waals surface area contributed by atoms with E-state index >= 15 is 0 Å². The molecule has 0 spiro atoms. The lowest BCUT2D eigenvalue weighted by atomic mass is 10.1. The maximum Gasteiger partial charge on any atom is 0.164 e. The second kappa shape index (κ2) is 7.52. The first-order chi connectivity index (χ1) is 14.2. The van der Waals surface area contributed by atoms with Crippen LogP contribution in [-0.4, -0.2) is 37.8 Å². The molecule has 3 heterocycles. The van der Waals surface area contributed by atoms with Crippen LogP contribution in [0.3, 0.4) is 0 Å². The Morgan fingerprint density at radius 3 is 2.69 bits per heavy atom. The molecule has 2 aliphatic rings. The van der Waals surface area contributed by atoms with E-state index in [9.17, 15) is 0 Å². The summed E-state index contributed by atoms with van der Waals surface area (Å²) in [7, 11) is 0. The fourth-order valence-electron chi connectivity index (χ4n) is 3.70. The fourth-order valence-corrected chi connectivity index (χ4v) is 3.89. The van der Waals surface area contributed by atoms with Gasteiger partial charge in [0.2, 0.25) is 0 Å². The van der Waals surface area contributed by atoms with Crippen molar-refractivity contribution < 1.29 is 0 Å². The minimum Gasteiger partial charge on any atom is -0.308 e. The number of hydrogen-bond acceptors (Lipinski definition) is 5. The summed E-state index contributed by atoms with van der Waals surface area (Å²) in [5.41, 5.74) is 3.05. The van der Waals surface area contributed by atoms with E-state index in [1.165, 1.54) is 12.8 Å². The second-order valence-electron chi connectivity index (χ2n) is 7.63. The van der Waals surface area contributed by atoms with E-state index in [0.717, 1.165) is 40.7 Å². The van der Waals surface area contributed by atoms with Crippen molar-refractivity contribution in [3.05, 3.63) is 65.2 Å². The van der Waals surface area contributed by atoms with Crippen LogP contribution in [0.15, 0.2) is 58.8 Å². The largest absolute Gasteiger partial charge is 0.308 e. The van der Waals surface area contributed by atoms with Gasteiger partial charge in [-0.05, 0) is 42.7 Å². The molecule has 1 atom stereocenters. The van der Waals surface area contributed by atoms with Gasteiger partial charge in [-0.1, -0.05) is 30.7 Å². The normalized spacial score (nSPS) is 17.2. The summed E-state index contributed by atoms with van der Waals surface area (Å²) in [5, 5.41) is 9.74. The Kier molecular flexibility index (Phi) is 4.72. The van der Waals surface area contributed by atoms with Crippen molar-refractivity contribution in [2.45, 2.75) is 32.2 Å². The molecule has 3 aromatic rings. The van der Waals surface area contributed by atoms with Crippen LogP contribution in [0.4, 0.5) is 0 Å². The van der Waals surface area contributed by atoms with Gasteiger partial charge < -0.3 is 4.57 Å². The first-order valence-electron chi connectivity index (χ1n) is 9.91. The van der Waals surface area contributed by atoms with Gasteiger partial charge in [0.05, 0.1) is 12.3 Å². The molecule has 1 fully saturated rings. The highest BCUT2D eigenvalue weighted by molar-refractivity contribution is 6.31. The Bertz CT molecular complexity index is 1100. The zero-order chi connectivity index (χ0) is 19.8. The topological polar surface area (TPSA) is 68.3 Å². The number of aromatic nitrogens is 4. The molecule has 0 radical (unpaired) electrons. The van der Waals surface area contributed by atoms with Gasteiger partial charge in [-0.2, -0.15) is 0 Å². The monoisotopic (exact) mass is 404 g/mol. The van der Waals surface area contributed by atoms with Gasteiger partial charge in [-0.3, -0.25) is 9.98 Å². The van der Waals surface area contributed by atoms with Gasteiger partial charge in [-0.15, -0.1) is 10.2 Å². The molecule has 0 N–H and O–H groups in total. The van der Waals surface area contributed by atoms with E-state index in [0.29, 0.717) is 17.6 Å². The van der Waals surface area contributed by atoms with Crippen LogP contribution in [0.2, 0.25) is 5.02 Å². The van der Waals surface area contributed by atoms with E-state index in [4.69, 9.17) is 16.6 Å². The Labute approximate surface area is 174 Å². The minimum absolute atomic E-state index is 0.165. The summed E-state index contributed by atoms with van der Waals surface area (Å²) >= 11 is 6.12. The summed E-state index contributed by atoms with van der Waals surface area (Å²) in [5.74, 6) is 2.96. The van der Waals surface area contributed by atoms with E-state index in [1.807, 2.05) is 36.4 Å². The van der Waals surface area contributed by atoms with Gasteiger partial charge in [0.15, 0.2) is 5.82 Å². The van der Waals surface area contributed by atoms with E-state index in [2.05, 4.69) is 31.7 Å². The lowest BCUT2D eigenvalue weighted by Gasteiger charge is -2.12. The summed E-state index contributed by atoms with van der Waals surface area (Å²) in [6, 6.07) is 12.2. The summed E-state index contributed by atoms with van der Waals surface area (Å²) in [6.45, 7) is 2.75. The standard InChI is InChI=1S/C22H21ClN6/c1-14(21-25-13-19(26-21)16-3-2-4-17(23)12-16)11-20-27-28-22(29(20)18-5-6-18)15-7-9-24-10-8-15/h2-4,7-10,12,14,18H,5-6,11,13H2,1H3. The van der Waals surface area contributed by atoms with Crippen molar-refractivity contribution >= 4 is 23.1 Å². The molecule has 1 aliphatic heterocycles. The molecule has 6 nitrogen and oxygen atoms in total. The third kappa shape index (κ3) is 3.72. The number of halogens is 1. The Hall–Kier alpha value is -2.86. The SMILES string of the molecule is CC(Cc1nnc(-c2ccncc2)n1C1CC1)C1=NCC(c2cccc(Cl)c2)=N1. The Balaban J connectivity index is 1.38. The molecule has 146 valence electrons. The lowest BCUT2D eigenvalue weighted by Crippen LogP contribution is -2.14. The quantitative estimate of drug-likeness (QED) is 0.611. The summed E-state index contributed by atoms with van der Waals surface area (Å²) in [6.07, 6.45) is 6.70. The van der Waals surface area contributed by atoms with Gasteiger partial charge >= 0.3 is 0 Å². The molecule has 29 heavy (non-hydrogen) atoms. The molecule has 0 bridgehead atoms. The van der Waals surface area contributed by atoms with Crippen molar-refractivity contribution in [1.29, 1.82) is 0 Å². The zero-order valence-electron chi connectivity index (χ0n) is 16.2. The van der Waals surface area contributed by atoms with Gasteiger partial charge in [0.25, 0.3) is 0 Å². The summed E-state index contributed by atoms with van der Waals surface area (Å²) < 4.78 is 2.29. The van der Waals surface area contributed by atoms with Gasteiger partial charge in [0.1, 0.15) is 11.7 Å². The highest BCUT2D eigenvalue weighted by Gasteiger charge is 2.31. The zero-order valence-corrected chi connectivity index (χ0v) is 16.9. The van der Waals surface area contributed by atoms with Crippen LogP contribution >= 0.6 is 11.6 Å². The number of hydrogen-bond donors (Lipinski definition) is 0. The van der Waals surface area contributed by atoms with Crippen molar-refractivity contribution in [3.63, 3.8) is 0 Å². The fraction of sp³-hybridized carbons (Fsp3) is 0.318. The molecule has 5 rings (SSSR count). The molecule has 0 saturated heterocycles. The smallest absolute Gasteiger partial charge is 0.164 e. The molecule has 7 heteroatoms. The van der Waals surface area contributed by atoms with E-state index in [-0.39, 0.29) is 5.92 Å². The average Bonchev–Trinajstić information content (AvgIpc) is 3.29. The summed E-state index contributed by atoms with van der Waals surface area (Å²) in [4.78, 5) is 13.6. The molecular formula is C22H21ClN6. The average molecular weight is 405 g/mol. The van der Waals surface area contributed by atoms with Crippen LogP contribution in [0.1, 0.15) is 37.2 Å². The first-order valence-corrected chi connectivity index (χ1v) is 10.3. The maximum absolute atomic E-state index is 6.12. The van der Waals surface area contributed by atoms with Crippen LogP contribution in [0.25, 0.3) is 11.4 Å². The van der Waals surface area contributed by atoms with Gasteiger partial charge in [0, 0.05) is 41.4 Å². The highest BCUT2D eigenvalue weighted by atomic mass is 35.5. The van der Waals surface area contributed by atoms with E-state index in [1.54, 1.807) is 12.4 Å². The van der Waals surface area contributed by atoms with Crippen LogP contribution in [0, 0.1) is 5.92 Å². The van der Waals surface area contributed by atoms with Crippen molar-refractivity contribution in [3.8, 4) is 11.4 Å². The number of amidine groups is 1. The highest BCUT2D eigenvalue weighted by Crippen LogP contribution is 2.39. The third-order valence-corrected chi connectivity index (χ3v) is 5.58. The number of rotatable bonds is 6. The number of benzene rings is 1. The third-order valence-electron chi connectivity index (χ3n) is 5.34. The maximum atomic E-state index is 6.12. The molecule has 1 saturated carbocycles. The predicted octanol–water partition coefficient (Wildman–Crippen LogP) is 4.41. The number of pyridine rings is 1. The molecule has 2 aromatic heterocycles. The minimum atomic E-state index is 0.165. The lowest BCUT2D eigenvalue weighted by molar-refractivity contribution is 0.635. The number of aliphatic imine (C=N–C) groups is 2. The van der Waals surface area contributed by atoms with Crippen molar-refractivity contribution in [2.75, 3.05) is 6.54 Å². The molecule has 1 aliphatic carbocycles. The number of nitrogens with zero attached hydrogens (tertiary/aromatic N) is 6. The molecular weight excluding hydrogens is 384 g/mol. The Morgan fingerprint density at radius 2 is 1.93 bits per heavy atom. The van der Waals surface area contributed by atoms with Crippen LogP contribution in [-0.2, 0) is 6.42 Å². The molecule has 0 amide bonds. The molecule has 1 unspecified atom stereocenters. The van der Waals surface area contributed by atoms with E-state index < -0.39 is 0 Å². The van der Waals surface area contributed by atoms with Crippen LogP contribution < -0.4 is 0 Å². The molecule has 1 aromatic carbocycles. The second-order valence-corrected chi connectivity index (χ2v) is 8.06. The van der Waals surface area contributed by atoms with Crippen molar-refractivity contribution in [2.24, 2.45) is 15.9 Å². The van der Waals surface area contributed by atoms with Gasteiger partial charge in [-0.25, -0.2) is 4.99 Å². The predicted molar refractivity (Wildman–Crippen MR) is 115 cm³/mol.